The van der Waals surface area contributed by atoms with Crippen molar-refractivity contribution in [1.29, 1.82) is 5.41 Å². The minimum atomic E-state index is -1.71. The van der Waals surface area contributed by atoms with Crippen molar-refractivity contribution in [3.8, 4) is 0 Å². The van der Waals surface area contributed by atoms with E-state index in [1.165, 1.54) is 22.3 Å². The molecule has 41 heteroatoms. The van der Waals surface area contributed by atoms with E-state index in [2.05, 4.69) is 73.4 Å². The molecule has 0 bridgehead atoms. The summed E-state index contributed by atoms with van der Waals surface area (Å²) in [5.41, 5.74) is 18.7. The third-order valence-electron chi connectivity index (χ3n) is 18.7. The third-order valence-corrected chi connectivity index (χ3v) is 21.1. The predicted octanol–water partition coefficient (Wildman–Crippen LogP) is -2.74. The molecule has 5 aromatic rings. The van der Waals surface area contributed by atoms with E-state index >= 15 is 19.2 Å². The molecule has 5 heterocycles. The van der Waals surface area contributed by atoms with Crippen molar-refractivity contribution in [2.45, 2.75) is 177 Å². The molecule has 11 atom stereocenters. The second kappa shape index (κ2) is 44.4. The number of aliphatic carboxylic acids is 3. The molecule has 3 unspecified atom stereocenters. The minimum Gasteiger partial charge on any atom is -0.481 e. The first-order valence-corrected chi connectivity index (χ1v) is 39.4. The van der Waals surface area contributed by atoms with E-state index in [1.54, 1.807) is 54.7 Å². The van der Waals surface area contributed by atoms with Crippen molar-refractivity contribution in [3.05, 3.63) is 102 Å². The lowest BCUT2D eigenvalue weighted by Crippen LogP contribution is -2.61. The molecule has 0 aliphatic carbocycles. The Labute approximate surface area is 661 Å². The van der Waals surface area contributed by atoms with E-state index < -0.39 is 193 Å². The minimum absolute atomic E-state index is 0.000714. The van der Waals surface area contributed by atoms with Gasteiger partial charge in [0.25, 0.3) is 5.97 Å². The van der Waals surface area contributed by atoms with E-state index in [1.807, 2.05) is 18.2 Å². The molecule has 23 N–H and O–H groups in total. The number of carbonyl (C=O) groups excluding carboxylic acids is 13. The second-order valence-electron chi connectivity index (χ2n) is 27.4. The Morgan fingerprint density at radius 1 is 0.640 bits per heavy atom. The number of H-pyrrole nitrogens is 2. The van der Waals surface area contributed by atoms with Crippen LogP contribution in [-0.2, 0) is 96.0 Å². The summed E-state index contributed by atoms with van der Waals surface area (Å²) in [5, 5.41) is 65.5. The number of nitrogens with zero attached hydrogens (tertiary/aromatic N) is 3. The van der Waals surface area contributed by atoms with Gasteiger partial charge in [-0.1, -0.05) is 82.3 Å². The number of unbranched alkanes of at least 4 members (excludes halogenated alkanes) is 1. The Hall–Kier alpha value is -11.9. The lowest BCUT2D eigenvalue weighted by atomic mass is 9.99. The molecule has 0 saturated carbocycles. The molecule has 0 radical (unpaired) electrons. The van der Waals surface area contributed by atoms with Gasteiger partial charge in [-0.05, 0) is 98.7 Å². The fourth-order valence-corrected chi connectivity index (χ4v) is 15.4. The highest BCUT2D eigenvalue weighted by Gasteiger charge is 2.45. The van der Waals surface area contributed by atoms with Crippen LogP contribution in [0.5, 0.6) is 0 Å². The molecular formula is C73H98N20O19S2. The number of hydrogen-bond donors (Lipinski definition) is 20. The number of fused-ring (bicyclic) bond motifs is 2. The van der Waals surface area contributed by atoms with Crippen LogP contribution in [0.1, 0.15) is 108 Å². The Kier molecular flexibility index (Phi) is 34.8. The SMILES string of the molecule is CC(=O)NC1CSSC[C@@H](C(=O)N2CCC[C@H]2C(=O)N2CCC[C@H]2C(=O)N[C@@H](CCCCN)C(=O)N[C@@H](CC(=O)O)C(N)=O)NC(=O)CNC(=O)[C@H](Cc2c[nH]c3ccccc23)NC(=O)[C@H](CCCNC(=N)N)NC(=O)C(Cc2ccc3ccccc3c2)NC(=O)[C@H](Cc2c[nH]cn2)NC(=O)C(CCC(=O)O)NC1=O.CC(=O)O. The fraction of sp³-hybridized carbons (Fsp3) is 0.479. The first-order chi connectivity index (χ1) is 54.4. The zero-order chi connectivity index (χ0) is 83.1. The number of aromatic nitrogens is 3. The topological polar surface area (TPSA) is 619 Å². The molecule has 3 saturated heterocycles. The van der Waals surface area contributed by atoms with Crippen molar-refractivity contribution >= 4 is 144 Å². The molecule has 13 amide bonds. The van der Waals surface area contributed by atoms with Gasteiger partial charge in [0, 0.05) is 94.0 Å². The number of para-hydroxylation sites is 1. The molecule has 39 nitrogen and oxygen atoms in total. The van der Waals surface area contributed by atoms with Gasteiger partial charge in [-0.3, -0.25) is 82.1 Å². The summed E-state index contributed by atoms with van der Waals surface area (Å²) in [6.45, 7) is 1.60. The molecule has 2 aromatic heterocycles. The molecule has 3 aromatic carbocycles. The summed E-state index contributed by atoms with van der Waals surface area (Å²) in [7, 11) is 1.84. The molecule has 3 aliphatic heterocycles. The maximum absolute atomic E-state index is 15.2. The average Bonchev–Trinajstić information content (AvgIpc) is 1.63. The van der Waals surface area contributed by atoms with Gasteiger partial charge in [-0.25, -0.2) is 4.98 Å². The first-order valence-electron chi connectivity index (χ1n) is 36.9. The van der Waals surface area contributed by atoms with Crippen LogP contribution in [0.2, 0.25) is 0 Å². The van der Waals surface area contributed by atoms with Gasteiger partial charge in [0.2, 0.25) is 76.8 Å². The van der Waals surface area contributed by atoms with Crippen LogP contribution < -0.4 is 75.7 Å². The molecule has 616 valence electrons. The molecule has 3 aliphatic rings. The number of carboxylic acid groups (broad SMARTS) is 3. The number of hydrogen-bond acceptors (Lipinski definition) is 21. The Bertz CT molecular complexity index is 4300. The van der Waals surface area contributed by atoms with Crippen LogP contribution in [0.15, 0.2) is 85.5 Å². The predicted molar refractivity (Wildman–Crippen MR) is 416 cm³/mol. The van der Waals surface area contributed by atoms with Gasteiger partial charge in [0.1, 0.15) is 66.5 Å². The summed E-state index contributed by atoms with van der Waals surface area (Å²) in [6.07, 6.45) is 2.89. The maximum atomic E-state index is 15.2. The number of rotatable bonds is 27. The van der Waals surface area contributed by atoms with E-state index in [0.717, 1.165) is 46.2 Å². The summed E-state index contributed by atoms with van der Waals surface area (Å²) in [5.74, 6) is -16.4. The highest BCUT2D eigenvalue weighted by Crippen LogP contribution is 2.29. The van der Waals surface area contributed by atoms with Gasteiger partial charge < -0.3 is 111 Å². The number of nitrogens with two attached hydrogens (primary N) is 3. The Balaban J connectivity index is 0.00000439. The number of carboxylic acids is 3. The summed E-state index contributed by atoms with van der Waals surface area (Å²) < 4.78 is 0. The zero-order valence-electron chi connectivity index (χ0n) is 62.8. The number of aromatic amines is 2. The van der Waals surface area contributed by atoms with Gasteiger partial charge in [0.05, 0.1) is 25.0 Å². The molecule has 8 rings (SSSR count). The highest BCUT2D eigenvalue weighted by molar-refractivity contribution is 8.76. The maximum Gasteiger partial charge on any atom is 0.305 e. The molecule has 0 spiro atoms. The number of carbonyl (C=O) groups is 16. The van der Waals surface area contributed by atoms with Crippen molar-refractivity contribution in [2.75, 3.05) is 44.2 Å². The lowest BCUT2D eigenvalue weighted by molar-refractivity contribution is -0.148. The van der Waals surface area contributed by atoms with Crippen LogP contribution >= 0.6 is 21.6 Å². The normalized spacial score (nSPS) is 21.6. The third kappa shape index (κ3) is 27.8. The Morgan fingerprint density at radius 3 is 1.89 bits per heavy atom. The second-order valence-corrected chi connectivity index (χ2v) is 30.0. The number of nitrogens with one attached hydrogen (secondary N) is 14. The monoisotopic (exact) mass is 1620 g/mol. The molecular weight excluding hydrogens is 1530 g/mol. The average molecular weight is 1620 g/mol. The summed E-state index contributed by atoms with van der Waals surface area (Å²) in [6, 6.07) is 3.43. The van der Waals surface area contributed by atoms with Crippen molar-refractivity contribution < 1.29 is 92.0 Å². The number of benzene rings is 3. The van der Waals surface area contributed by atoms with Gasteiger partial charge in [-0.2, -0.15) is 0 Å². The van der Waals surface area contributed by atoms with E-state index in [-0.39, 0.29) is 101 Å². The molecule has 114 heavy (non-hydrogen) atoms. The number of amides is 13. The summed E-state index contributed by atoms with van der Waals surface area (Å²) >= 11 is 0. The standard InChI is InChI=1S/C71H94N20O17S2.C2H4O2/c1-38(92)81-53-35-109-110-36-54(69(107)91-26-10-18-56(91)70(108)90-25-9-17-55(90)68(106)85-46(15-6-7-23-72)62(100)86-49(60(73)98)31-59(96)97)82-57(93)34-79-61(99)51(29-42-32-78-45-14-5-4-13-44(42)45)88-63(101)47(16-8-24-77-71(74)75)83-65(103)50(28-39-19-20-40-11-2-3-12-41(40)27-39)87-66(104)52(30-43-33-76-37-80-43)89-64(102)48(84-67(53)105)21-22-58(94)95;1-2(3)4/h2-5,11-14,19-20,27,32-33,37,46-56,78H,6-10,15-18,21-26,28-31,34-36,72H2,1H3,(H2,73,98)(H,76,80)(H,79,99)(H,81,92)(H,82,93)(H,83,103)(H,84,105)(H,85,106)(H,86,100)(H,87,104)(H,88,101)(H,89,102)(H,94,95)(H,96,97)(H4,74,75,77);1H3,(H,3,4)/t46-,47-,48?,49-,50?,51-,52-,53?,54-,55-,56-;/m0./s1. The highest BCUT2D eigenvalue weighted by atomic mass is 33.1. The van der Waals surface area contributed by atoms with Crippen LogP contribution in [0.4, 0.5) is 0 Å². The smallest absolute Gasteiger partial charge is 0.305 e. The lowest BCUT2D eigenvalue weighted by Gasteiger charge is -2.33. The van der Waals surface area contributed by atoms with Crippen molar-refractivity contribution in [3.63, 3.8) is 0 Å². The van der Waals surface area contributed by atoms with E-state index in [0.29, 0.717) is 41.3 Å². The number of likely N-dealkylation sites (tertiary alicyclic amines) is 2. The number of guanidine groups is 1. The largest absolute Gasteiger partial charge is 0.481 e. The van der Waals surface area contributed by atoms with Crippen LogP contribution in [0.25, 0.3) is 21.7 Å². The van der Waals surface area contributed by atoms with E-state index in [4.69, 9.17) is 32.5 Å². The van der Waals surface area contributed by atoms with Crippen molar-refractivity contribution in [2.24, 2.45) is 17.2 Å². The first kappa shape index (κ1) is 89.3. The number of imidazole rings is 1. The van der Waals surface area contributed by atoms with Gasteiger partial charge in [0.15, 0.2) is 5.96 Å². The molecule has 3 fully saturated rings. The summed E-state index contributed by atoms with van der Waals surface area (Å²) in [4.78, 5) is 232. The quantitative estimate of drug-likeness (QED) is 0.0110. The number of primary amides is 1. The fourth-order valence-electron chi connectivity index (χ4n) is 13.1. The van der Waals surface area contributed by atoms with Crippen LogP contribution in [0, 0.1) is 5.41 Å². The van der Waals surface area contributed by atoms with Crippen molar-refractivity contribution in [1.82, 2.24) is 83.2 Å². The zero-order valence-corrected chi connectivity index (χ0v) is 64.4. The van der Waals surface area contributed by atoms with Crippen LogP contribution in [-0.4, -0.2) is 251 Å². The van der Waals surface area contributed by atoms with E-state index in [9.17, 15) is 63.0 Å². The van der Waals surface area contributed by atoms with Crippen LogP contribution in [0.3, 0.4) is 0 Å². The van der Waals surface area contributed by atoms with Gasteiger partial charge >= 0.3 is 11.9 Å². The van der Waals surface area contributed by atoms with Gasteiger partial charge in [-0.15, -0.1) is 0 Å². The Morgan fingerprint density at radius 2 is 1.25 bits per heavy atom.